The topological polar surface area (TPSA) is 51.0 Å². The summed E-state index contributed by atoms with van der Waals surface area (Å²) in [6, 6.07) is 12.1. The highest BCUT2D eigenvalue weighted by Gasteiger charge is 2.37. The molecule has 2 aromatic carbocycles. The van der Waals surface area contributed by atoms with E-state index >= 15 is 0 Å². The van der Waals surface area contributed by atoms with Crippen molar-refractivity contribution in [2.45, 2.75) is 12.4 Å². The molecule has 0 fully saturated rings. The second-order valence-electron chi connectivity index (χ2n) is 6.40. The fourth-order valence-electron chi connectivity index (χ4n) is 2.74. The van der Waals surface area contributed by atoms with Crippen LogP contribution in [0.4, 0.5) is 37.2 Å². The van der Waals surface area contributed by atoms with E-state index in [4.69, 9.17) is 4.52 Å². The third-order valence-electron chi connectivity index (χ3n) is 4.18. The van der Waals surface area contributed by atoms with Crippen molar-refractivity contribution in [3.8, 4) is 22.7 Å². The van der Waals surface area contributed by atoms with E-state index in [1.54, 1.807) is 11.4 Å². The molecule has 0 radical (unpaired) electrons. The molecule has 0 bridgehead atoms. The van der Waals surface area contributed by atoms with Crippen molar-refractivity contribution in [1.29, 1.82) is 0 Å². The number of nitrogens with zero attached hydrogens (tertiary/aromatic N) is 2. The molecule has 0 saturated carbocycles. The maximum absolute atomic E-state index is 13.0. The zero-order valence-corrected chi connectivity index (χ0v) is 16.1. The molecule has 11 heteroatoms. The highest BCUT2D eigenvalue weighted by Crippen LogP contribution is 2.38. The number of hydrogen-bond acceptors (Lipinski definition) is 5. The van der Waals surface area contributed by atoms with E-state index in [0.29, 0.717) is 29.3 Å². The largest absolute Gasteiger partial charge is 0.416 e. The second-order valence-corrected chi connectivity index (χ2v) is 7.26. The van der Waals surface area contributed by atoms with Gasteiger partial charge in [0.2, 0.25) is 0 Å². The standard InChI is InChI=1S/C20H11F6N3OS/c21-19(22,23)12-6-13(20(24,25)26)8-14(7-12)27-18-28-16(10-31-18)17-9-15(29-30-17)11-4-2-1-3-5-11/h1-10H,(H,27,28). The van der Waals surface area contributed by atoms with Gasteiger partial charge >= 0.3 is 12.4 Å². The van der Waals surface area contributed by atoms with Crippen LogP contribution >= 0.6 is 11.3 Å². The zero-order valence-electron chi connectivity index (χ0n) is 15.3. The molecule has 0 unspecified atom stereocenters. The minimum atomic E-state index is -4.93. The van der Waals surface area contributed by atoms with Crippen LogP contribution in [0.5, 0.6) is 0 Å². The van der Waals surface area contributed by atoms with Crippen molar-refractivity contribution in [3.05, 3.63) is 71.1 Å². The molecule has 0 spiro atoms. The van der Waals surface area contributed by atoms with Gasteiger partial charge in [-0.2, -0.15) is 26.3 Å². The van der Waals surface area contributed by atoms with E-state index in [1.165, 1.54) is 0 Å². The number of aromatic nitrogens is 2. The predicted octanol–water partition coefficient (Wildman–Crippen LogP) is 7.25. The van der Waals surface area contributed by atoms with Crippen molar-refractivity contribution < 1.29 is 30.9 Å². The average Bonchev–Trinajstić information content (AvgIpc) is 3.37. The summed E-state index contributed by atoms with van der Waals surface area (Å²) < 4.78 is 83.4. The second kappa shape index (κ2) is 7.73. The van der Waals surface area contributed by atoms with Crippen molar-refractivity contribution in [1.82, 2.24) is 10.1 Å². The molecule has 160 valence electrons. The molecule has 0 aliphatic carbocycles. The molecule has 0 atom stereocenters. The van der Waals surface area contributed by atoms with Gasteiger partial charge in [0.05, 0.1) is 11.1 Å². The molecule has 0 saturated heterocycles. The van der Waals surface area contributed by atoms with Crippen LogP contribution in [-0.2, 0) is 12.4 Å². The van der Waals surface area contributed by atoms with Gasteiger partial charge in [-0.1, -0.05) is 35.5 Å². The monoisotopic (exact) mass is 455 g/mol. The maximum Gasteiger partial charge on any atom is 0.416 e. The molecule has 4 rings (SSSR count). The molecule has 1 N–H and O–H groups in total. The Morgan fingerprint density at radius 2 is 1.45 bits per heavy atom. The van der Waals surface area contributed by atoms with Crippen molar-refractivity contribution in [3.63, 3.8) is 0 Å². The van der Waals surface area contributed by atoms with Gasteiger partial charge in [-0.15, -0.1) is 11.3 Å². The van der Waals surface area contributed by atoms with E-state index < -0.39 is 23.5 Å². The van der Waals surface area contributed by atoms with Gasteiger partial charge < -0.3 is 9.84 Å². The third-order valence-corrected chi connectivity index (χ3v) is 4.93. The van der Waals surface area contributed by atoms with E-state index in [9.17, 15) is 26.3 Å². The third kappa shape index (κ3) is 4.71. The first-order valence-electron chi connectivity index (χ1n) is 8.64. The lowest BCUT2D eigenvalue weighted by Gasteiger charge is -2.14. The number of hydrogen-bond donors (Lipinski definition) is 1. The van der Waals surface area contributed by atoms with Gasteiger partial charge in [-0.05, 0) is 18.2 Å². The minimum Gasteiger partial charge on any atom is -0.354 e. The predicted molar refractivity (Wildman–Crippen MR) is 103 cm³/mol. The highest BCUT2D eigenvalue weighted by atomic mass is 32.1. The van der Waals surface area contributed by atoms with Gasteiger partial charge in [0.15, 0.2) is 10.9 Å². The minimum absolute atomic E-state index is 0.0675. The summed E-state index contributed by atoms with van der Waals surface area (Å²) in [6.07, 6.45) is -9.86. The Balaban J connectivity index is 1.60. The summed E-state index contributed by atoms with van der Waals surface area (Å²) in [5, 5.41) is 8.10. The Kier molecular flexibility index (Phi) is 5.21. The Morgan fingerprint density at radius 3 is 2.06 bits per heavy atom. The number of alkyl halides is 6. The summed E-state index contributed by atoms with van der Waals surface area (Å²) in [5.74, 6) is 0.308. The van der Waals surface area contributed by atoms with E-state index in [-0.39, 0.29) is 16.9 Å². The summed E-state index contributed by atoms with van der Waals surface area (Å²) in [4.78, 5) is 4.18. The van der Waals surface area contributed by atoms with Gasteiger partial charge in [0.25, 0.3) is 0 Å². The van der Waals surface area contributed by atoms with Crippen LogP contribution in [-0.4, -0.2) is 10.1 Å². The fourth-order valence-corrected chi connectivity index (χ4v) is 3.46. The quantitative estimate of drug-likeness (QED) is 0.330. The van der Waals surface area contributed by atoms with Gasteiger partial charge in [-0.25, -0.2) is 4.98 Å². The summed E-state index contributed by atoms with van der Waals surface area (Å²) in [5.41, 5.74) is -1.50. The molecule has 0 aliphatic heterocycles. The molecule has 0 amide bonds. The lowest BCUT2D eigenvalue weighted by Crippen LogP contribution is -2.11. The maximum atomic E-state index is 13.0. The number of rotatable bonds is 4. The number of nitrogens with one attached hydrogen (secondary N) is 1. The molecule has 0 aliphatic rings. The molecule has 2 heterocycles. The van der Waals surface area contributed by atoms with Gasteiger partial charge in [0.1, 0.15) is 11.4 Å². The van der Waals surface area contributed by atoms with Crippen LogP contribution in [0.3, 0.4) is 0 Å². The number of anilines is 2. The summed E-state index contributed by atoms with van der Waals surface area (Å²) >= 11 is 0.998. The Hall–Kier alpha value is -3.34. The normalized spacial score (nSPS) is 12.2. The van der Waals surface area contributed by atoms with Crippen LogP contribution in [0.2, 0.25) is 0 Å². The first kappa shape index (κ1) is 20.9. The zero-order chi connectivity index (χ0) is 22.2. The first-order valence-corrected chi connectivity index (χ1v) is 9.52. The number of thiazole rings is 1. The highest BCUT2D eigenvalue weighted by molar-refractivity contribution is 7.14. The summed E-state index contributed by atoms with van der Waals surface area (Å²) in [6.45, 7) is 0. The van der Waals surface area contributed by atoms with Crippen LogP contribution in [0.1, 0.15) is 11.1 Å². The van der Waals surface area contributed by atoms with Crippen LogP contribution in [0, 0.1) is 0 Å². The fraction of sp³-hybridized carbons (Fsp3) is 0.100. The molecule has 31 heavy (non-hydrogen) atoms. The van der Waals surface area contributed by atoms with Crippen molar-refractivity contribution >= 4 is 22.2 Å². The molecule has 2 aromatic heterocycles. The van der Waals surface area contributed by atoms with Crippen LogP contribution < -0.4 is 5.32 Å². The van der Waals surface area contributed by atoms with Crippen molar-refractivity contribution in [2.24, 2.45) is 0 Å². The average molecular weight is 455 g/mol. The van der Waals surface area contributed by atoms with Gasteiger partial charge in [-0.3, -0.25) is 0 Å². The molecule has 4 nitrogen and oxygen atoms in total. The van der Waals surface area contributed by atoms with Crippen molar-refractivity contribution in [2.75, 3.05) is 5.32 Å². The summed E-state index contributed by atoms with van der Waals surface area (Å²) in [7, 11) is 0. The lowest BCUT2D eigenvalue weighted by molar-refractivity contribution is -0.143. The van der Waals surface area contributed by atoms with E-state index in [2.05, 4.69) is 15.5 Å². The lowest BCUT2D eigenvalue weighted by atomic mass is 10.1. The van der Waals surface area contributed by atoms with E-state index in [0.717, 1.165) is 16.9 Å². The van der Waals surface area contributed by atoms with Gasteiger partial charge in [0, 0.05) is 22.7 Å². The smallest absolute Gasteiger partial charge is 0.354 e. The molecular weight excluding hydrogens is 444 g/mol. The van der Waals surface area contributed by atoms with Crippen LogP contribution in [0.25, 0.3) is 22.7 Å². The molecular formula is C20H11F6N3OS. The van der Waals surface area contributed by atoms with E-state index in [1.807, 2.05) is 30.3 Å². The Bertz CT molecular complexity index is 1170. The Morgan fingerprint density at radius 1 is 0.806 bits per heavy atom. The Labute approximate surface area is 175 Å². The molecule has 4 aromatic rings. The first-order chi connectivity index (χ1) is 14.6. The van der Waals surface area contributed by atoms with Crippen LogP contribution in [0.15, 0.2) is 64.5 Å². The number of halogens is 6. The SMILES string of the molecule is FC(F)(F)c1cc(Nc2nc(-c3cc(-c4ccccc4)no3)cs2)cc(C(F)(F)F)c1. The number of benzene rings is 2.